The Labute approximate surface area is 167 Å². The molecule has 0 fully saturated rings. The van der Waals surface area contributed by atoms with E-state index in [1.165, 1.54) is 11.3 Å². The third-order valence-electron chi connectivity index (χ3n) is 3.91. The molecular formula is C21H21N3O3S. The zero-order chi connectivity index (χ0) is 19.8. The molecule has 3 rings (SSSR count). The Morgan fingerprint density at radius 1 is 1.25 bits per heavy atom. The molecule has 3 aromatic rings. The fraction of sp³-hybridized carbons (Fsp3) is 0.190. The van der Waals surface area contributed by atoms with Crippen LogP contribution in [-0.2, 0) is 22.6 Å². The summed E-state index contributed by atoms with van der Waals surface area (Å²) in [7, 11) is 0. The highest BCUT2D eigenvalue weighted by Gasteiger charge is 2.07. The molecule has 0 saturated heterocycles. The van der Waals surface area contributed by atoms with Gasteiger partial charge in [0.1, 0.15) is 0 Å². The number of carbonyl (C=O) groups excluding carboxylic acids is 1. The van der Waals surface area contributed by atoms with Crippen LogP contribution in [-0.4, -0.2) is 28.9 Å². The highest BCUT2D eigenvalue weighted by atomic mass is 32.1. The fourth-order valence-corrected chi connectivity index (χ4v) is 3.22. The minimum Gasteiger partial charge on any atom is -0.466 e. The summed E-state index contributed by atoms with van der Waals surface area (Å²) in [6.45, 7) is 2.18. The maximum atomic E-state index is 11.5. The van der Waals surface area contributed by atoms with E-state index in [1.807, 2.05) is 53.9 Å². The molecule has 0 aliphatic heterocycles. The van der Waals surface area contributed by atoms with Crippen molar-refractivity contribution < 1.29 is 14.6 Å². The number of carbonyl (C=O) groups is 1. The number of aromatic nitrogens is 1. The quantitative estimate of drug-likeness (QED) is 0.344. The zero-order valence-corrected chi connectivity index (χ0v) is 16.3. The standard InChI is InChI=1S/C21H21N3O3S/c1-2-27-20(26)11-19-14-28-21(23-19)24-22-12-16-4-3-5-18(10-16)17-8-6-15(13-25)7-9-17/h3-10,12,14,25H,2,11,13H2,1H3,(H,23,24). The smallest absolute Gasteiger partial charge is 0.311 e. The van der Waals surface area contributed by atoms with Crippen molar-refractivity contribution in [3.05, 3.63) is 70.7 Å². The van der Waals surface area contributed by atoms with E-state index in [2.05, 4.69) is 15.5 Å². The molecule has 2 aromatic carbocycles. The van der Waals surface area contributed by atoms with Gasteiger partial charge in [0.05, 0.1) is 31.5 Å². The normalized spacial score (nSPS) is 10.9. The van der Waals surface area contributed by atoms with Gasteiger partial charge >= 0.3 is 5.97 Å². The van der Waals surface area contributed by atoms with Crippen molar-refractivity contribution in [2.24, 2.45) is 5.10 Å². The van der Waals surface area contributed by atoms with E-state index in [0.717, 1.165) is 22.3 Å². The lowest BCUT2D eigenvalue weighted by Crippen LogP contribution is -2.07. The summed E-state index contributed by atoms with van der Waals surface area (Å²) in [6, 6.07) is 15.8. The van der Waals surface area contributed by atoms with Crippen molar-refractivity contribution in [1.29, 1.82) is 0 Å². The van der Waals surface area contributed by atoms with Crippen LogP contribution in [0.5, 0.6) is 0 Å². The zero-order valence-electron chi connectivity index (χ0n) is 15.5. The van der Waals surface area contributed by atoms with Crippen molar-refractivity contribution >= 4 is 28.7 Å². The van der Waals surface area contributed by atoms with E-state index in [1.54, 1.807) is 13.1 Å². The molecule has 0 spiro atoms. The highest BCUT2D eigenvalue weighted by Crippen LogP contribution is 2.21. The van der Waals surface area contributed by atoms with Crippen molar-refractivity contribution in [3.63, 3.8) is 0 Å². The number of aliphatic hydroxyl groups excluding tert-OH is 1. The Hall–Kier alpha value is -3.03. The largest absolute Gasteiger partial charge is 0.466 e. The molecule has 0 bridgehead atoms. The Morgan fingerprint density at radius 3 is 2.82 bits per heavy atom. The number of hydrazone groups is 1. The van der Waals surface area contributed by atoms with Crippen molar-refractivity contribution in [1.82, 2.24) is 4.98 Å². The maximum Gasteiger partial charge on any atom is 0.311 e. The summed E-state index contributed by atoms with van der Waals surface area (Å²) in [5.41, 5.74) is 7.52. The first-order valence-electron chi connectivity index (χ1n) is 8.87. The van der Waals surface area contributed by atoms with E-state index >= 15 is 0 Å². The molecule has 0 saturated carbocycles. The van der Waals surface area contributed by atoms with Crippen LogP contribution in [0.3, 0.4) is 0 Å². The average Bonchev–Trinajstić information content (AvgIpc) is 3.15. The minimum atomic E-state index is -0.285. The maximum absolute atomic E-state index is 11.5. The van der Waals surface area contributed by atoms with Gasteiger partial charge in [-0.15, -0.1) is 11.3 Å². The van der Waals surface area contributed by atoms with E-state index in [-0.39, 0.29) is 19.0 Å². The number of nitrogens with one attached hydrogen (secondary N) is 1. The molecule has 0 aliphatic rings. The first-order chi connectivity index (χ1) is 13.7. The Bertz CT molecular complexity index is 952. The molecular weight excluding hydrogens is 374 g/mol. The molecule has 0 amide bonds. The Morgan fingerprint density at radius 2 is 2.07 bits per heavy atom. The molecule has 1 heterocycles. The molecule has 1 aromatic heterocycles. The topological polar surface area (TPSA) is 83.8 Å². The van der Waals surface area contributed by atoms with Gasteiger partial charge in [0, 0.05) is 5.38 Å². The Kier molecular flexibility index (Phi) is 6.89. The number of ether oxygens (including phenoxy) is 1. The molecule has 144 valence electrons. The van der Waals surface area contributed by atoms with Gasteiger partial charge in [-0.1, -0.05) is 42.5 Å². The summed E-state index contributed by atoms with van der Waals surface area (Å²) < 4.78 is 4.92. The monoisotopic (exact) mass is 395 g/mol. The van der Waals surface area contributed by atoms with Gasteiger partial charge in [-0.2, -0.15) is 5.10 Å². The molecule has 0 atom stereocenters. The summed E-state index contributed by atoms with van der Waals surface area (Å²) in [5, 5.41) is 15.8. The first-order valence-corrected chi connectivity index (χ1v) is 9.75. The van der Waals surface area contributed by atoms with Crippen molar-refractivity contribution in [2.75, 3.05) is 12.0 Å². The number of esters is 1. The lowest BCUT2D eigenvalue weighted by molar-refractivity contribution is -0.142. The lowest BCUT2D eigenvalue weighted by atomic mass is 10.0. The second-order valence-corrected chi connectivity index (χ2v) is 6.83. The second-order valence-electron chi connectivity index (χ2n) is 5.98. The van der Waals surface area contributed by atoms with E-state index < -0.39 is 0 Å². The molecule has 0 aliphatic carbocycles. The van der Waals surface area contributed by atoms with Gasteiger partial charge < -0.3 is 9.84 Å². The van der Waals surface area contributed by atoms with Crippen molar-refractivity contribution in [2.45, 2.75) is 20.0 Å². The highest BCUT2D eigenvalue weighted by molar-refractivity contribution is 7.13. The van der Waals surface area contributed by atoms with Crippen molar-refractivity contribution in [3.8, 4) is 11.1 Å². The van der Waals surface area contributed by atoms with Crippen LogP contribution < -0.4 is 5.43 Å². The summed E-state index contributed by atoms with van der Waals surface area (Å²) in [5.74, 6) is -0.285. The number of aliphatic hydroxyl groups is 1. The van der Waals surface area contributed by atoms with Crippen LogP contribution in [0.1, 0.15) is 23.7 Å². The van der Waals surface area contributed by atoms with Gasteiger partial charge in [0.2, 0.25) is 5.13 Å². The van der Waals surface area contributed by atoms with Gasteiger partial charge in [-0.05, 0) is 35.2 Å². The van der Waals surface area contributed by atoms with Crippen LogP contribution in [0.4, 0.5) is 5.13 Å². The third kappa shape index (κ3) is 5.48. The first kappa shape index (κ1) is 19.7. The fourth-order valence-electron chi connectivity index (χ4n) is 2.56. The van der Waals surface area contributed by atoms with Crippen LogP contribution >= 0.6 is 11.3 Å². The summed E-state index contributed by atoms with van der Waals surface area (Å²) in [4.78, 5) is 15.8. The predicted molar refractivity (Wildman–Crippen MR) is 111 cm³/mol. The molecule has 28 heavy (non-hydrogen) atoms. The van der Waals surface area contributed by atoms with E-state index in [0.29, 0.717) is 17.4 Å². The number of thiazole rings is 1. The predicted octanol–water partition coefficient (Wildman–Crippen LogP) is 3.85. The van der Waals surface area contributed by atoms with Crippen LogP contribution in [0.15, 0.2) is 59.0 Å². The number of nitrogens with zero attached hydrogens (tertiary/aromatic N) is 2. The minimum absolute atomic E-state index is 0.0386. The number of anilines is 1. The SMILES string of the molecule is CCOC(=O)Cc1csc(NN=Cc2cccc(-c3ccc(CO)cc3)c2)n1. The van der Waals surface area contributed by atoms with Gasteiger partial charge in [0.25, 0.3) is 0 Å². The second kappa shape index (κ2) is 9.77. The summed E-state index contributed by atoms with van der Waals surface area (Å²) in [6.07, 6.45) is 1.88. The average molecular weight is 395 g/mol. The lowest BCUT2D eigenvalue weighted by Gasteiger charge is -2.04. The number of hydrogen-bond acceptors (Lipinski definition) is 7. The number of hydrogen-bond donors (Lipinski definition) is 2. The third-order valence-corrected chi connectivity index (χ3v) is 4.71. The van der Waals surface area contributed by atoms with Gasteiger partial charge in [-0.3, -0.25) is 10.2 Å². The van der Waals surface area contributed by atoms with Crippen LogP contribution in [0, 0.1) is 0 Å². The van der Waals surface area contributed by atoms with Crippen LogP contribution in [0.2, 0.25) is 0 Å². The Balaban J connectivity index is 1.61. The number of benzene rings is 2. The van der Waals surface area contributed by atoms with E-state index in [9.17, 15) is 4.79 Å². The molecule has 0 radical (unpaired) electrons. The number of rotatable bonds is 8. The molecule has 6 nitrogen and oxygen atoms in total. The molecule has 2 N–H and O–H groups in total. The molecule has 7 heteroatoms. The van der Waals surface area contributed by atoms with Gasteiger partial charge in [-0.25, -0.2) is 4.98 Å². The summed E-state index contributed by atoms with van der Waals surface area (Å²) >= 11 is 1.38. The van der Waals surface area contributed by atoms with Gasteiger partial charge in [0.15, 0.2) is 0 Å². The molecule has 0 unspecified atom stereocenters. The van der Waals surface area contributed by atoms with E-state index in [4.69, 9.17) is 9.84 Å². The van der Waals surface area contributed by atoms with Crippen LogP contribution in [0.25, 0.3) is 11.1 Å².